The normalized spacial score (nSPS) is 20.3. The molecule has 0 bridgehead atoms. The Morgan fingerprint density at radius 1 is 1.12 bits per heavy atom. The number of anilines is 1. The van der Waals surface area contributed by atoms with E-state index in [1.54, 1.807) is 28.9 Å². The van der Waals surface area contributed by atoms with Crippen LogP contribution in [0.25, 0.3) is 0 Å². The minimum Gasteiger partial charge on any atom is -0.466 e. The molecule has 0 N–H and O–H groups in total. The highest BCUT2D eigenvalue weighted by Gasteiger charge is 2.30. The lowest BCUT2D eigenvalue weighted by Crippen LogP contribution is -2.45. The van der Waals surface area contributed by atoms with Crippen LogP contribution >= 0.6 is 0 Å². The maximum atomic E-state index is 12.9. The molecule has 2 heterocycles. The first-order valence-electron chi connectivity index (χ1n) is 9.47. The molecular weight excluding hydrogens is 332 g/mol. The van der Waals surface area contributed by atoms with Crippen LogP contribution in [-0.2, 0) is 14.3 Å². The van der Waals surface area contributed by atoms with E-state index in [0.717, 1.165) is 37.9 Å². The summed E-state index contributed by atoms with van der Waals surface area (Å²) in [5, 5.41) is 0. The van der Waals surface area contributed by atoms with Gasteiger partial charge in [-0.05, 0) is 56.9 Å². The molecule has 2 aliphatic heterocycles. The first-order valence-corrected chi connectivity index (χ1v) is 9.47. The second kappa shape index (κ2) is 8.34. The third-order valence-corrected chi connectivity index (χ3v) is 5.09. The number of amides is 2. The van der Waals surface area contributed by atoms with Gasteiger partial charge in [0.25, 0.3) is 5.91 Å². The summed E-state index contributed by atoms with van der Waals surface area (Å²) in [6, 6.07) is 7.12. The predicted octanol–water partition coefficient (Wildman–Crippen LogP) is 2.76. The van der Waals surface area contributed by atoms with Crippen molar-refractivity contribution in [2.75, 3.05) is 24.6 Å². The van der Waals surface area contributed by atoms with Gasteiger partial charge in [0.1, 0.15) is 0 Å². The second-order valence-electron chi connectivity index (χ2n) is 6.85. The summed E-state index contributed by atoms with van der Waals surface area (Å²) in [5.74, 6) is -0.173. The van der Waals surface area contributed by atoms with Crippen LogP contribution in [0.5, 0.6) is 0 Å². The van der Waals surface area contributed by atoms with Crippen LogP contribution in [-0.4, -0.2) is 48.4 Å². The summed E-state index contributed by atoms with van der Waals surface area (Å²) in [6.07, 6.45) is 4.51. The van der Waals surface area contributed by atoms with Gasteiger partial charge in [0.05, 0.1) is 13.0 Å². The van der Waals surface area contributed by atoms with Gasteiger partial charge in [-0.3, -0.25) is 14.4 Å². The summed E-state index contributed by atoms with van der Waals surface area (Å²) in [7, 11) is 0. The fourth-order valence-corrected chi connectivity index (χ4v) is 3.76. The Hall–Kier alpha value is -2.37. The van der Waals surface area contributed by atoms with Gasteiger partial charge >= 0.3 is 5.97 Å². The average molecular weight is 358 g/mol. The van der Waals surface area contributed by atoms with Gasteiger partial charge in [-0.15, -0.1) is 0 Å². The van der Waals surface area contributed by atoms with Crippen molar-refractivity contribution in [3.8, 4) is 0 Å². The Bertz CT molecular complexity index is 671. The Kier molecular flexibility index (Phi) is 5.91. The van der Waals surface area contributed by atoms with E-state index in [1.165, 1.54) is 0 Å². The van der Waals surface area contributed by atoms with E-state index in [-0.39, 0.29) is 30.2 Å². The maximum absolute atomic E-state index is 12.9. The van der Waals surface area contributed by atoms with Crippen LogP contribution in [0.3, 0.4) is 0 Å². The molecule has 0 spiro atoms. The molecule has 3 rings (SSSR count). The Morgan fingerprint density at radius 2 is 1.88 bits per heavy atom. The number of hydrogen-bond acceptors (Lipinski definition) is 4. The summed E-state index contributed by atoms with van der Waals surface area (Å²) in [4.78, 5) is 40.2. The molecule has 2 amide bonds. The molecule has 140 valence electrons. The fourth-order valence-electron chi connectivity index (χ4n) is 3.76. The Morgan fingerprint density at radius 3 is 2.54 bits per heavy atom. The third kappa shape index (κ3) is 4.06. The van der Waals surface area contributed by atoms with Crippen molar-refractivity contribution < 1.29 is 19.1 Å². The summed E-state index contributed by atoms with van der Waals surface area (Å²) < 4.78 is 5.05. The maximum Gasteiger partial charge on any atom is 0.307 e. The molecule has 1 aromatic rings. The highest BCUT2D eigenvalue weighted by atomic mass is 16.5. The van der Waals surface area contributed by atoms with E-state index in [1.807, 2.05) is 12.1 Å². The van der Waals surface area contributed by atoms with Gasteiger partial charge in [-0.1, -0.05) is 0 Å². The van der Waals surface area contributed by atoms with Crippen molar-refractivity contribution in [1.29, 1.82) is 0 Å². The molecule has 0 saturated carbocycles. The van der Waals surface area contributed by atoms with Crippen LogP contribution in [0.1, 0.15) is 55.8 Å². The van der Waals surface area contributed by atoms with E-state index in [9.17, 15) is 14.4 Å². The standard InChI is InChI=1S/C20H26N2O4/c1-2-26-19(24)14-17-6-3-4-12-22(17)20(25)15-8-10-16(11-9-15)21-13-5-7-18(21)23/h8-11,17H,2-7,12-14H2,1H3. The van der Waals surface area contributed by atoms with E-state index >= 15 is 0 Å². The smallest absolute Gasteiger partial charge is 0.307 e. The average Bonchev–Trinajstić information content (AvgIpc) is 3.08. The Labute approximate surface area is 154 Å². The number of piperidine rings is 1. The Balaban J connectivity index is 1.70. The van der Waals surface area contributed by atoms with Crippen molar-refractivity contribution in [3.05, 3.63) is 29.8 Å². The minimum atomic E-state index is -0.250. The SMILES string of the molecule is CCOC(=O)CC1CCCCN1C(=O)c1ccc(N2CCCC2=O)cc1. The molecule has 6 heteroatoms. The predicted molar refractivity (Wildman–Crippen MR) is 98.0 cm³/mol. The lowest BCUT2D eigenvalue weighted by atomic mass is 9.98. The zero-order valence-electron chi connectivity index (χ0n) is 15.3. The van der Waals surface area contributed by atoms with Crippen molar-refractivity contribution >= 4 is 23.5 Å². The van der Waals surface area contributed by atoms with Gasteiger partial charge in [0, 0.05) is 36.8 Å². The fraction of sp³-hybridized carbons (Fsp3) is 0.550. The molecule has 2 saturated heterocycles. The van der Waals surface area contributed by atoms with Gasteiger partial charge in [-0.25, -0.2) is 0 Å². The van der Waals surface area contributed by atoms with Crippen LogP contribution in [0.2, 0.25) is 0 Å². The van der Waals surface area contributed by atoms with Gasteiger partial charge < -0.3 is 14.5 Å². The number of carbonyl (C=O) groups excluding carboxylic acids is 3. The third-order valence-electron chi connectivity index (χ3n) is 5.09. The number of carbonyl (C=O) groups is 3. The van der Waals surface area contributed by atoms with Crippen molar-refractivity contribution in [2.24, 2.45) is 0 Å². The summed E-state index contributed by atoms with van der Waals surface area (Å²) >= 11 is 0. The molecule has 6 nitrogen and oxygen atoms in total. The first kappa shape index (κ1) is 18.4. The number of benzene rings is 1. The van der Waals surface area contributed by atoms with Gasteiger partial charge in [0.15, 0.2) is 0 Å². The van der Waals surface area contributed by atoms with Crippen molar-refractivity contribution in [2.45, 2.75) is 51.5 Å². The van der Waals surface area contributed by atoms with Gasteiger partial charge in [-0.2, -0.15) is 0 Å². The quantitative estimate of drug-likeness (QED) is 0.759. The van der Waals surface area contributed by atoms with Crippen LogP contribution < -0.4 is 4.90 Å². The number of likely N-dealkylation sites (tertiary alicyclic amines) is 1. The molecule has 0 aliphatic carbocycles. The number of ether oxygens (including phenoxy) is 1. The lowest BCUT2D eigenvalue weighted by molar-refractivity contribution is -0.144. The highest BCUT2D eigenvalue weighted by Crippen LogP contribution is 2.25. The molecule has 26 heavy (non-hydrogen) atoms. The number of hydrogen-bond donors (Lipinski definition) is 0. The highest BCUT2D eigenvalue weighted by molar-refractivity contribution is 5.97. The zero-order chi connectivity index (χ0) is 18.5. The van der Waals surface area contributed by atoms with Crippen LogP contribution in [0, 0.1) is 0 Å². The van der Waals surface area contributed by atoms with Gasteiger partial charge in [0.2, 0.25) is 5.91 Å². The topological polar surface area (TPSA) is 66.9 Å². The number of nitrogens with zero attached hydrogens (tertiary/aromatic N) is 2. The zero-order valence-corrected chi connectivity index (χ0v) is 15.3. The lowest BCUT2D eigenvalue weighted by Gasteiger charge is -2.35. The van der Waals surface area contributed by atoms with E-state index in [4.69, 9.17) is 4.74 Å². The van der Waals surface area contributed by atoms with E-state index in [0.29, 0.717) is 25.1 Å². The second-order valence-corrected chi connectivity index (χ2v) is 6.85. The molecule has 1 unspecified atom stereocenters. The summed E-state index contributed by atoms with van der Waals surface area (Å²) in [6.45, 7) is 3.54. The molecule has 2 fully saturated rings. The van der Waals surface area contributed by atoms with Crippen molar-refractivity contribution in [3.63, 3.8) is 0 Å². The molecule has 0 aromatic heterocycles. The monoisotopic (exact) mass is 358 g/mol. The molecular formula is C20H26N2O4. The van der Waals surface area contributed by atoms with Crippen molar-refractivity contribution in [1.82, 2.24) is 4.90 Å². The largest absolute Gasteiger partial charge is 0.466 e. The molecule has 0 radical (unpaired) electrons. The van der Waals surface area contributed by atoms with Crippen LogP contribution in [0.15, 0.2) is 24.3 Å². The van der Waals surface area contributed by atoms with E-state index in [2.05, 4.69) is 0 Å². The molecule has 2 aliphatic rings. The molecule has 1 aromatic carbocycles. The minimum absolute atomic E-state index is 0.0571. The van der Waals surface area contributed by atoms with E-state index < -0.39 is 0 Å². The number of esters is 1. The molecule has 1 atom stereocenters. The van der Waals surface area contributed by atoms with Crippen LogP contribution in [0.4, 0.5) is 5.69 Å². The number of rotatable bonds is 5. The first-order chi connectivity index (χ1) is 12.6. The summed E-state index contributed by atoms with van der Waals surface area (Å²) in [5.41, 5.74) is 1.43.